The van der Waals surface area contributed by atoms with Crippen LogP contribution in [-0.2, 0) is 16.0 Å². The summed E-state index contributed by atoms with van der Waals surface area (Å²) in [6.45, 7) is 12.2. The number of nitrogens with one attached hydrogen (secondary N) is 1. The van der Waals surface area contributed by atoms with Gasteiger partial charge in [-0.15, -0.1) is 0 Å². The van der Waals surface area contributed by atoms with Gasteiger partial charge in [-0.2, -0.15) is 0 Å². The molecule has 1 aromatic carbocycles. The molecular formula is C31H41FN6O4. The lowest BCUT2D eigenvalue weighted by Crippen LogP contribution is -2.57. The number of carbonyl (C=O) groups excluding carboxylic acids is 3. The minimum Gasteiger partial charge on any atom is -0.444 e. The van der Waals surface area contributed by atoms with E-state index in [1.165, 1.54) is 12.1 Å². The monoisotopic (exact) mass is 580 g/mol. The van der Waals surface area contributed by atoms with E-state index in [1.54, 1.807) is 71.8 Å². The molecule has 0 aliphatic carbocycles. The fourth-order valence-corrected chi connectivity index (χ4v) is 5.10. The lowest BCUT2D eigenvalue weighted by molar-refractivity contribution is -0.137. The van der Waals surface area contributed by atoms with Crippen LogP contribution in [0.3, 0.4) is 0 Å². The number of likely N-dealkylation sites (tertiary alicyclic amines) is 1. The number of fused-ring (bicyclic) bond motifs is 1. The SMILES string of the molecule is CC(C)(C)OC(=O)N[C@H](C(=O)N1CCC[C@H]1CN(CCc1ccc(F)cc1)C(=O)c1cn2cccnc2n1)C(C)(C)C. The zero-order valence-electron chi connectivity index (χ0n) is 25.3. The van der Waals surface area contributed by atoms with Gasteiger partial charge >= 0.3 is 6.09 Å². The van der Waals surface area contributed by atoms with Crippen molar-refractivity contribution in [1.82, 2.24) is 29.5 Å². The van der Waals surface area contributed by atoms with Crippen molar-refractivity contribution in [2.24, 2.45) is 5.41 Å². The largest absolute Gasteiger partial charge is 0.444 e. The Hall–Kier alpha value is -4.02. The fraction of sp³-hybridized carbons (Fsp3) is 0.516. The normalized spacial score (nSPS) is 16.4. The summed E-state index contributed by atoms with van der Waals surface area (Å²) in [6.07, 6.45) is 6.37. The Balaban J connectivity index is 1.56. The molecule has 10 nitrogen and oxygen atoms in total. The first-order valence-corrected chi connectivity index (χ1v) is 14.3. The Bertz CT molecular complexity index is 1380. The Morgan fingerprint density at radius 1 is 1.14 bits per heavy atom. The number of halogens is 1. The van der Waals surface area contributed by atoms with Gasteiger partial charge in [0.15, 0.2) is 0 Å². The second kappa shape index (κ2) is 12.5. The number of hydrogen-bond donors (Lipinski definition) is 1. The summed E-state index contributed by atoms with van der Waals surface area (Å²) in [7, 11) is 0. The molecule has 0 saturated carbocycles. The summed E-state index contributed by atoms with van der Waals surface area (Å²) in [4.78, 5) is 52.5. The summed E-state index contributed by atoms with van der Waals surface area (Å²) < 4.78 is 20.6. The van der Waals surface area contributed by atoms with Crippen LogP contribution >= 0.6 is 0 Å². The van der Waals surface area contributed by atoms with Gasteiger partial charge in [0.25, 0.3) is 5.91 Å². The van der Waals surface area contributed by atoms with Gasteiger partial charge in [0.05, 0.1) is 0 Å². The van der Waals surface area contributed by atoms with E-state index in [0.717, 1.165) is 12.0 Å². The van der Waals surface area contributed by atoms with Crippen LogP contribution in [0.25, 0.3) is 5.78 Å². The first-order chi connectivity index (χ1) is 19.7. The van der Waals surface area contributed by atoms with Crippen molar-refractivity contribution in [3.05, 3.63) is 66.0 Å². The predicted octanol–water partition coefficient (Wildman–Crippen LogP) is 4.48. The molecule has 42 heavy (non-hydrogen) atoms. The van der Waals surface area contributed by atoms with E-state index < -0.39 is 23.2 Å². The van der Waals surface area contributed by atoms with Crippen molar-refractivity contribution in [3.8, 4) is 0 Å². The number of hydrogen-bond acceptors (Lipinski definition) is 6. The van der Waals surface area contributed by atoms with Crippen LogP contribution in [0.1, 0.15) is 70.4 Å². The molecule has 1 N–H and O–H groups in total. The van der Waals surface area contributed by atoms with Crippen molar-refractivity contribution in [1.29, 1.82) is 0 Å². The number of benzene rings is 1. The van der Waals surface area contributed by atoms with E-state index in [2.05, 4.69) is 15.3 Å². The second-order valence-corrected chi connectivity index (χ2v) is 12.9. The van der Waals surface area contributed by atoms with E-state index in [0.29, 0.717) is 31.7 Å². The van der Waals surface area contributed by atoms with Crippen molar-refractivity contribution in [2.45, 2.75) is 78.5 Å². The van der Waals surface area contributed by atoms with Crippen LogP contribution in [0.4, 0.5) is 9.18 Å². The molecule has 3 aromatic rings. The van der Waals surface area contributed by atoms with Gasteiger partial charge in [-0.1, -0.05) is 32.9 Å². The van der Waals surface area contributed by atoms with Crippen LogP contribution < -0.4 is 5.32 Å². The maximum atomic E-state index is 13.9. The van der Waals surface area contributed by atoms with E-state index in [1.807, 2.05) is 20.8 Å². The van der Waals surface area contributed by atoms with Crippen LogP contribution in [0.15, 0.2) is 48.9 Å². The summed E-state index contributed by atoms with van der Waals surface area (Å²) in [6, 6.07) is 6.89. The minimum absolute atomic E-state index is 0.210. The van der Waals surface area contributed by atoms with E-state index >= 15 is 0 Å². The van der Waals surface area contributed by atoms with Gasteiger partial charge in [-0.3, -0.25) is 14.0 Å². The Morgan fingerprint density at radius 2 is 1.86 bits per heavy atom. The van der Waals surface area contributed by atoms with Gasteiger partial charge in [0, 0.05) is 44.3 Å². The van der Waals surface area contributed by atoms with Crippen molar-refractivity contribution >= 4 is 23.7 Å². The third-order valence-electron chi connectivity index (χ3n) is 7.19. The van der Waals surface area contributed by atoms with Crippen LogP contribution in [-0.4, -0.2) is 79.4 Å². The molecule has 0 unspecified atom stereocenters. The van der Waals surface area contributed by atoms with Gasteiger partial charge in [0.1, 0.15) is 23.2 Å². The molecule has 226 valence electrons. The minimum atomic E-state index is -0.819. The Labute approximate surface area is 246 Å². The van der Waals surface area contributed by atoms with Crippen LogP contribution in [0.5, 0.6) is 0 Å². The average molecular weight is 581 g/mol. The van der Waals surface area contributed by atoms with Gasteiger partial charge in [0.2, 0.25) is 11.7 Å². The third-order valence-corrected chi connectivity index (χ3v) is 7.19. The number of ether oxygens (including phenoxy) is 1. The first kappa shape index (κ1) is 30.9. The van der Waals surface area contributed by atoms with Crippen LogP contribution in [0.2, 0.25) is 0 Å². The first-order valence-electron chi connectivity index (χ1n) is 14.3. The van der Waals surface area contributed by atoms with E-state index in [9.17, 15) is 18.8 Å². The van der Waals surface area contributed by atoms with Crippen LogP contribution in [0, 0.1) is 11.2 Å². The molecule has 11 heteroatoms. The molecule has 3 heterocycles. The summed E-state index contributed by atoms with van der Waals surface area (Å²) in [5, 5.41) is 2.80. The fourth-order valence-electron chi connectivity index (χ4n) is 5.10. The molecule has 1 saturated heterocycles. The maximum Gasteiger partial charge on any atom is 0.408 e. The molecule has 4 rings (SSSR count). The molecule has 0 bridgehead atoms. The molecule has 1 fully saturated rings. The van der Waals surface area contributed by atoms with E-state index in [-0.39, 0.29) is 35.9 Å². The van der Waals surface area contributed by atoms with E-state index in [4.69, 9.17) is 4.74 Å². The Kier molecular flexibility index (Phi) is 9.18. The number of nitrogens with zero attached hydrogens (tertiary/aromatic N) is 5. The number of amides is 3. The van der Waals surface area contributed by atoms with Gasteiger partial charge in [-0.05, 0) is 69.2 Å². The molecule has 3 amide bonds. The molecule has 2 aromatic heterocycles. The highest BCUT2D eigenvalue weighted by molar-refractivity contribution is 5.93. The lowest BCUT2D eigenvalue weighted by Gasteiger charge is -2.37. The molecule has 1 aliphatic rings. The molecule has 2 atom stereocenters. The summed E-state index contributed by atoms with van der Waals surface area (Å²) >= 11 is 0. The zero-order valence-corrected chi connectivity index (χ0v) is 25.3. The molecular weight excluding hydrogens is 539 g/mol. The quantitative estimate of drug-likeness (QED) is 0.421. The summed E-state index contributed by atoms with van der Waals surface area (Å²) in [5.74, 6) is -0.393. The molecule has 0 spiro atoms. The van der Waals surface area contributed by atoms with Gasteiger partial charge < -0.3 is 19.9 Å². The highest BCUT2D eigenvalue weighted by Crippen LogP contribution is 2.27. The van der Waals surface area contributed by atoms with Gasteiger partial charge in [-0.25, -0.2) is 19.2 Å². The summed E-state index contributed by atoms with van der Waals surface area (Å²) in [5.41, 5.74) is -0.143. The zero-order chi connectivity index (χ0) is 30.7. The maximum absolute atomic E-state index is 13.9. The number of alkyl carbamates (subject to hydrolysis) is 1. The average Bonchev–Trinajstić information content (AvgIpc) is 3.55. The number of aromatic nitrogens is 3. The number of carbonyl (C=O) groups is 3. The molecule has 0 radical (unpaired) electrons. The highest BCUT2D eigenvalue weighted by Gasteiger charge is 2.41. The second-order valence-electron chi connectivity index (χ2n) is 12.9. The highest BCUT2D eigenvalue weighted by atomic mass is 19.1. The smallest absolute Gasteiger partial charge is 0.408 e. The number of rotatable bonds is 8. The Morgan fingerprint density at radius 3 is 2.50 bits per heavy atom. The standard InChI is InChI=1S/C31H41FN6O4/c1-30(2,3)25(35-29(41)42-31(4,5)6)27(40)38-17-7-9-23(38)19-36(18-14-21-10-12-22(32)13-11-21)26(39)24-20-37-16-8-15-33-28(37)34-24/h8,10-13,15-16,20,23,25H,7,9,14,17-19H2,1-6H3,(H,35,41)/t23-,25+/m0/s1. The van der Waals surface area contributed by atoms with Crippen molar-refractivity contribution in [2.75, 3.05) is 19.6 Å². The third kappa shape index (κ3) is 7.83. The molecule has 1 aliphatic heterocycles. The van der Waals surface area contributed by atoms with Crippen molar-refractivity contribution in [3.63, 3.8) is 0 Å². The van der Waals surface area contributed by atoms with Crippen molar-refractivity contribution < 1.29 is 23.5 Å². The lowest BCUT2D eigenvalue weighted by atomic mass is 9.85. The number of imidazole rings is 1. The topological polar surface area (TPSA) is 109 Å². The predicted molar refractivity (Wildman–Crippen MR) is 156 cm³/mol.